The first-order valence-corrected chi connectivity index (χ1v) is 8.57. The van der Waals surface area contributed by atoms with E-state index in [1.54, 1.807) is 0 Å². The summed E-state index contributed by atoms with van der Waals surface area (Å²) in [5.41, 5.74) is 1.63. The van der Waals surface area contributed by atoms with Gasteiger partial charge >= 0.3 is 0 Å². The van der Waals surface area contributed by atoms with Crippen LogP contribution in [-0.4, -0.2) is 46.4 Å². The van der Waals surface area contributed by atoms with Gasteiger partial charge in [0.15, 0.2) is 0 Å². The smallest absolute Gasteiger partial charge is 0.142 e. The highest BCUT2D eigenvalue weighted by Gasteiger charge is 2.21. The van der Waals surface area contributed by atoms with E-state index in [9.17, 15) is 19.7 Å². The van der Waals surface area contributed by atoms with Gasteiger partial charge in [0.1, 0.15) is 23.4 Å². The highest BCUT2D eigenvalue weighted by molar-refractivity contribution is 6.33. The molecule has 0 aliphatic rings. The van der Waals surface area contributed by atoms with Crippen LogP contribution in [0.15, 0.2) is 18.2 Å². The molecule has 5 nitrogen and oxygen atoms in total. The lowest BCUT2D eigenvalue weighted by molar-refractivity contribution is 0.00720. The van der Waals surface area contributed by atoms with E-state index in [4.69, 9.17) is 21.4 Å². The van der Waals surface area contributed by atoms with Gasteiger partial charge in [-0.25, -0.2) is 4.39 Å². The number of rotatable bonds is 8. The quantitative estimate of drug-likeness (QED) is 0.526. The van der Waals surface area contributed by atoms with Crippen molar-refractivity contribution in [3.05, 3.63) is 46.2 Å². The minimum absolute atomic E-state index is 0.0507. The fourth-order valence-corrected chi connectivity index (χ4v) is 2.99. The third-order valence-corrected chi connectivity index (χ3v) is 4.38. The average Bonchev–Trinajstić information content (AvgIpc) is 2.61. The Morgan fingerprint density at radius 2 is 2.00 bits per heavy atom. The van der Waals surface area contributed by atoms with Crippen LogP contribution in [0.2, 0.25) is 5.02 Å². The van der Waals surface area contributed by atoms with Crippen LogP contribution < -0.4 is 0 Å². The maximum absolute atomic E-state index is 13.9. The second kappa shape index (κ2) is 9.19. The van der Waals surface area contributed by atoms with Crippen LogP contribution in [0.3, 0.4) is 0 Å². The van der Waals surface area contributed by atoms with Crippen molar-refractivity contribution in [2.24, 2.45) is 0 Å². The molecule has 26 heavy (non-hydrogen) atoms. The van der Waals surface area contributed by atoms with Crippen molar-refractivity contribution >= 4 is 11.6 Å². The lowest BCUT2D eigenvalue weighted by Crippen LogP contribution is -2.20. The average molecular weight is 384 g/mol. The Balaban J connectivity index is 2.45. The molecule has 0 spiro atoms. The van der Waals surface area contributed by atoms with Gasteiger partial charge < -0.3 is 25.2 Å². The van der Waals surface area contributed by atoms with Gasteiger partial charge in [0, 0.05) is 17.2 Å². The summed E-state index contributed by atoms with van der Waals surface area (Å²) < 4.78 is 19.2. The van der Waals surface area contributed by atoms with Crippen LogP contribution in [-0.2, 0) is 17.6 Å². The normalized spacial score (nSPS) is 12.3. The van der Waals surface area contributed by atoms with Crippen molar-refractivity contribution in [2.75, 3.05) is 19.8 Å². The van der Waals surface area contributed by atoms with Crippen LogP contribution in [0.5, 0.6) is 11.5 Å². The van der Waals surface area contributed by atoms with E-state index < -0.39 is 18.5 Å². The molecule has 0 saturated heterocycles. The second-order valence-corrected chi connectivity index (χ2v) is 6.15. The molecular weight excluding hydrogens is 363 g/mol. The largest absolute Gasteiger partial charge is 0.508 e. The second-order valence-electron chi connectivity index (χ2n) is 5.78. The zero-order valence-corrected chi connectivity index (χ0v) is 15.1. The topological polar surface area (TPSA) is 90.2 Å². The summed E-state index contributed by atoms with van der Waals surface area (Å²) in [6.45, 7) is 1.54. The molecule has 2 aromatic carbocycles. The van der Waals surface area contributed by atoms with Gasteiger partial charge in [0.25, 0.3) is 0 Å². The van der Waals surface area contributed by atoms with Gasteiger partial charge in [0.05, 0.1) is 24.8 Å². The first kappa shape index (κ1) is 20.5. The Morgan fingerprint density at radius 3 is 2.65 bits per heavy atom. The van der Waals surface area contributed by atoms with Gasteiger partial charge in [-0.3, -0.25) is 0 Å². The molecular formula is C19H21ClFO5. The van der Waals surface area contributed by atoms with Crippen LogP contribution in [0, 0.1) is 11.9 Å². The Morgan fingerprint density at radius 1 is 1.27 bits per heavy atom. The number of halogens is 2. The summed E-state index contributed by atoms with van der Waals surface area (Å²) in [5.74, 6) is -0.959. The molecule has 4 N–H and O–H groups in total. The Labute approximate surface area is 156 Å². The summed E-state index contributed by atoms with van der Waals surface area (Å²) in [4.78, 5) is 0. The lowest BCUT2D eigenvalue weighted by atomic mass is 9.90. The molecule has 0 amide bonds. The number of aromatic hydroxyl groups is 2. The van der Waals surface area contributed by atoms with Gasteiger partial charge in [-0.1, -0.05) is 24.6 Å². The molecule has 2 rings (SSSR count). The number of benzene rings is 2. The lowest BCUT2D eigenvalue weighted by Gasteiger charge is -2.19. The number of aliphatic hydroxyl groups is 2. The van der Waals surface area contributed by atoms with Crippen molar-refractivity contribution < 1.29 is 29.6 Å². The minimum atomic E-state index is -0.983. The Hall–Kier alpha value is -1.86. The summed E-state index contributed by atoms with van der Waals surface area (Å²) in [5, 5.41) is 38.5. The standard InChI is InChI=1S/C19H21ClFO5/c1-2-12-13(6-7-26-10-11(23)9-22)18(17(25)8-16(12)24)14-4-3-5-15(21)19(14)20/h3,5,8,11,22-25H,2,6-7,9-10H2,1H3. The van der Waals surface area contributed by atoms with Crippen molar-refractivity contribution in [3.8, 4) is 22.6 Å². The maximum Gasteiger partial charge on any atom is 0.142 e. The van der Waals surface area contributed by atoms with Crippen LogP contribution in [0.25, 0.3) is 11.1 Å². The van der Waals surface area contributed by atoms with E-state index in [0.717, 1.165) is 0 Å². The molecule has 0 heterocycles. The zero-order valence-electron chi connectivity index (χ0n) is 14.3. The van der Waals surface area contributed by atoms with E-state index in [-0.39, 0.29) is 47.3 Å². The summed E-state index contributed by atoms with van der Waals surface area (Å²) in [7, 11) is 0. The molecule has 0 aliphatic heterocycles. The molecule has 0 aliphatic carbocycles. The molecule has 1 unspecified atom stereocenters. The number of aliphatic hydroxyl groups excluding tert-OH is 2. The fourth-order valence-electron chi connectivity index (χ4n) is 2.78. The van der Waals surface area contributed by atoms with Crippen molar-refractivity contribution in [1.82, 2.24) is 0 Å². The van der Waals surface area contributed by atoms with Crippen LogP contribution >= 0.6 is 11.6 Å². The number of hydrogen-bond acceptors (Lipinski definition) is 5. The van der Waals surface area contributed by atoms with Crippen LogP contribution in [0.4, 0.5) is 4.39 Å². The van der Waals surface area contributed by atoms with Crippen molar-refractivity contribution in [1.29, 1.82) is 0 Å². The van der Waals surface area contributed by atoms with Gasteiger partial charge in [-0.2, -0.15) is 0 Å². The fraction of sp³-hybridized carbons (Fsp3) is 0.368. The number of hydrogen-bond donors (Lipinski definition) is 4. The molecule has 0 fully saturated rings. The van der Waals surface area contributed by atoms with E-state index in [1.165, 1.54) is 18.2 Å². The number of phenolic OH excluding ortho intramolecular Hbond substituents is 2. The van der Waals surface area contributed by atoms with Crippen molar-refractivity contribution in [3.63, 3.8) is 0 Å². The first-order chi connectivity index (χ1) is 12.4. The minimum Gasteiger partial charge on any atom is -0.508 e. The molecule has 1 atom stereocenters. The molecule has 0 aromatic heterocycles. The van der Waals surface area contributed by atoms with E-state index in [0.29, 0.717) is 17.5 Å². The third kappa shape index (κ3) is 4.45. The first-order valence-electron chi connectivity index (χ1n) is 8.20. The molecule has 0 bridgehead atoms. The summed E-state index contributed by atoms with van der Waals surface area (Å²) in [6.07, 6.45) is -0.233. The SMILES string of the molecule is CCc1c(O)cc(O)c(-c2[c]ccc(F)c2Cl)c1CCOCC(O)CO. The van der Waals surface area contributed by atoms with E-state index >= 15 is 0 Å². The summed E-state index contributed by atoms with van der Waals surface area (Å²) in [6, 6.07) is 6.57. The number of phenols is 2. The van der Waals surface area contributed by atoms with Crippen molar-refractivity contribution in [2.45, 2.75) is 25.9 Å². The summed E-state index contributed by atoms with van der Waals surface area (Å²) >= 11 is 6.06. The monoisotopic (exact) mass is 383 g/mol. The third-order valence-electron chi connectivity index (χ3n) is 4.01. The van der Waals surface area contributed by atoms with E-state index in [2.05, 4.69) is 6.07 Å². The van der Waals surface area contributed by atoms with Gasteiger partial charge in [0.2, 0.25) is 0 Å². The zero-order chi connectivity index (χ0) is 19.3. The highest BCUT2D eigenvalue weighted by Crippen LogP contribution is 2.42. The molecule has 141 valence electrons. The molecule has 7 heteroatoms. The Kier molecular flexibility index (Phi) is 7.23. The van der Waals surface area contributed by atoms with Gasteiger partial charge in [-0.05, 0) is 36.1 Å². The van der Waals surface area contributed by atoms with Gasteiger partial charge in [-0.15, -0.1) is 0 Å². The number of ether oxygens (including phenoxy) is 1. The predicted octanol–water partition coefficient (Wildman–Crippen LogP) is 2.83. The molecule has 1 radical (unpaired) electrons. The molecule has 0 saturated carbocycles. The van der Waals surface area contributed by atoms with Crippen LogP contribution in [0.1, 0.15) is 18.1 Å². The van der Waals surface area contributed by atoms with E-state index in [1.807, 2.05) is 6.92 Å². The maximum atomic E-state index is 13.9. The molecule has 2 aromatic rings. The predicted molar refractivity (Wildman–Crippen MR) is 96.0 cm³/mol. The highest BCUT2D eigenvalue weighted by atomic mass is 35.5. The Bertz CT molecular complexity index is 766.